The Balaban J connectivity index is 3.78. The molecule has 0 aromatic rings. The molecule has 0 radical (unpaired) electrons. The minimum absolute atomic E-state index is 0.277. The molecule has 0 aromatic carbocycles. The topological polar surface area (TPSA) is 69.1 Å². The van der Waals surface area contributed by atoms with Crippen LogP contribution in [0.25, 0.3) is 0 Å². The zero-order chi connectivity index (χ0) is 9.78. The maximum Gasteiger partial charge on any atom is 0.219 e. The summed E-state index contributed by atoms with van der Waals surface area (Å²) in [5.74, 6) is 0.310. The molecule has 0 spiro atoms. The van der Waals surface area contributed by atoms with Crippen LogP contribution in [0.5, 0.6) is 0 Å². The van der Waals surface area contributed by atoms with Gasteiger partial charge in [0, 0.05) is 12.0 Å². The number of carbonyl (C=O) groups is 1. The number of amides is 1. The molecule has 12 heavy (non-hydrogen) atoms. The van der Waals surface area contributed by atoms with Crippen LogP contribution < -0.4 is 11.5 Å². The van der Waals surface area contributed by atoms with Gasteiger partial charge in [-0.15, -0.1) is 0 Å². The van der Waals surface area contributed by atoms with Crippen molar-refractivity contribution in [2.45, 2.75) is 45.6 Å². The lowest BCUT2D eigenvalue weighted by atomic mass is 9.90. The van der Waals surface area contributed by atoms with Gasteiger partial charge < -0.3 is 11.5 Å². The zero-order valence-electron chi connectivity index (χ0n) is 8.26. The average Bonchev–Trinajstić information content (AvgIpc) is 1.81. The first-order valence-electron chi connectivity index (χ1n) is 4.41. The molecule has 1 atom stereocenters. The first-order valence-corrected chi connectivity index (χ1v) is 4.41. The molecule has 0 fully saturated rings. The summed E-state index contributed by atoms with van der Waals surface area (Å²) in [5.41, 5.74) is 10.5. The molecule has 3 nitrogen and oxygen atoms in total. The van der Waals surface area contributed by atoms with E-state index in [1.807, 2.05) is 6.92 Å². The Kier molecular flexibility index (Phi) is 4.24. The number of hydrogen-bond donors (Lipinski definition) is 2. The van der Waals surface area contributed by atoms with Gasteiger partial charge in [-0.3, -0.25) is 4.79 Å². The molecule has 0 aromatic heterocycles. The summed E-state index contributed by atoms with van der Waals surface area (Å²) < 4.78 is 0. The second-order valence-corrected chi connectivity index (χ2v) is 4.23. The Hall–Kier alpha value is -0.570. The molecule has 0 aliphatic carbocycles. The van der Waals surface area contributed by atoms with E-state index in [0.717, 1.165) is 12.8 Å². The smallest absolute Gasteiger partial charge is 0.219 e. The van der Waals surface area contributed by atoms with E-state index in [-0.39, 0.29) is 12.3 Å². The maximum atomic E-state index is 10.6. The minimum atomic E-state index is -0.421. The number of nitrogens with two attached hydrogens (primary N) is 2. The third kappa shape index (κ3) is 6.16. The molecule has 3 heteroatoms. The fourth-order valence-electron chi connectivity index (χ4n) is 1.10. The van der Waals surface area contributed by atoms with E-state index in [9.17, 15) is 4.79 Å². The Morgan fingerprint density at radius 1 is 1.50 bits per heavy atom. The van der Waals surface area contributed by atoms with Crippen LogP contribution in [0, 0.1) is 5.92 Å². The van der Waals surface area contributed by atoms with Gasteiger partial charge in [0.15, 0.2) is 0 Å². The van der Waals surface area contributed by atoms with Gasteiger partial charge in [0.25, 0.3) is 0 Å². The average molecular weight is 172 g/mol. The third-order valence-corrected chi connectivity index (χ3v) is 1.87. The van der Waals surface area contributed by atoms with E-state index in [1.165, 1.54) is 0 Å². The van der Waals surface area contributed by atoms with Crippen molar-refractivity contribution in [1.29, 1.82) is 0 Å². The second-order valence-electron chi connectivity index (χ2n) is 4.23. The normalized spacial score (nSPS) is 16.1. The zero-order valence-corrected chi connectivity index (χ0v) is 8.26. The van der Waals surface area contributed by atoms with Crippen molar-refractivity contribution in [2.24, 2.45) is 17.4 Å². The molecule has 0 bridgehead atoms. The van der Waals surface area contributed by atoms with E-state index in [0.29, 0.717) is 5.92 Å². The maximum absolute atomic E-state index is 10.6. The summed E-state index contributed by atoms with van der Waals surface area (Å²) in [6.45, 7) is 6.15. The van der Waals surface area contributed by atoms with Gasteiger partial charge in [0.05, 0.1) is 0 Å². The lowest BCUT2D eigenvalue weighted by molar-refractivity contribution is -0.119. The molecule has 1 amide bonds. The fraction of sp³-hybridized carbons (Fsp3) is 0.889. The van der Waals surface area contributed by atoms with Crippen LogP contribution in [0.4, 0.5) is 0 Å². The highest BCUT2D eigenvalue weighted by Gasteiger charge is 2.20. The summed E-state index contributed by atoms with van der Waals surface area (Å²) in [6.07, 6.45) is 2.17. The van der Waals surface area contributed by atoms with Gasteiger partial charge in [-0.25, -0.2) is 0 Å². The molecule has 0 saturated carbocycles. The molecule has 72 valence electrons. The summed E-state index contributed by atoms with van der Waals surface area (Å²) in [4.78, 5) is 10.6. The number of hydrogen-bond acceptors (Lipinski definition) is 2. The predicted octanol–water partition coefficient (Wildman–Crippen LogP) is 1.02. The second kappa shape index (κ2) is 4.45. The molecular formula is C9H20N2O. The van der Waals surface area contributed by atoms with Crippen molar-refractivity contribution in [3.05, 3.63) is 0 Å². The molecule has 0 heterocycles. The van der Waals surface area contributed by atoms with Crippen molar-refractivity contribution < 1.29 is 4.79 Å². The quantitative estimate of drug-likeness (QED) is 0.650. The first kappa shape index (κ1) is 11.4. The minimum Gasteiger partial charge on any atom is -0.370 e. The molecule has 0 rings (SSSR count). The lowest BCUT2D eigenvalue weighted by Gasteiger charge is -2.23. The third-order valence-electron chi connectivity index (χ3n) is 1.87. The van der Waals surface area contributed by atoms with Crippen LogP contribution in [0.15, 0.2) is 0 Å². The molecule has 4 N–H and O–H groups in total. The van der Waals surface area contributed by atoms with E-state index in [1.54, 1.807) is 0 Å². The summed E-state index contributed by atoms with van der Waals surface area (Å²) in [7, 11) is 0. The van der Waals surface area contributed by atoms with Gasteiger partial charge in [-0.1, -0.05) is 13.8 Å². The summed E-state index contributed by atoms with van der Waals surface area (Å²) in [5, 5.41) is 0. The van der Waals surface area contributed by atoms with E-state index in [2.05, 4.69) is 13.8 Å². The molecular weight excluding hydrogens is 152 g/mol. The number of carbonyl (C=O) groups excluding carboxylic acids is 1. The molecule has 0 aliphatic rings. The van der Waals surface area contributed by atoms with Crippen molar-refractivity contribution in [1.82, 2.24) is 0 Å². The largest absolute Gasteiger partial charge is 0.370 e. The fourth-order valence-corrected chi connectivity index (χ4v) is 1.10. The Labute approximate surface area is 74.5 Å². The van der Waals surface area contributed by atoms with Crippen LogP contribution in [0.3, 0.4) is 0 Å². The van der Waals surface area contributed by atoms with Crippen LogP contribution in [-0.2, 0) is 4.79 Å². The van der Waals surface area contributed by atoms with Crippen LogP contribution >= 0.6 is 0 Å². The predicted molar refractivity (Wildman–Crippen MR) is 50.5 cm³/mol. The monoisotopic (exact) mass is 172 g/mol. The summed E-state index contributed by atoms with van der Waals surface area (Å²) >= 11 is 0. The van der Waals surface area contributed by atoms with Gasteiger partial charge in [-0.05, 0) is 25.7 Å². The van der Waals surface area contributed by atoms with Crippen LogP contribution in [0.1, 0.15) is 40.0 Å². The first-order chi connectivity index (χ1) is 5.33. The Morgan fingerprint density at radius 3 is 2.33 bits per heavy atom. The highest BCUT2D eigenvalue weighted by Crippen LogP contribution is 2.16. The summed E-state index contributed by atoms with van der Waals surface area (Å²) in [6, 6.07) is 0. The molecule has 0 aliphatic heterocycles. The Bertz CT molecular complexity index is 153. The highest BCUT2D eigenvalue weighted by atomic mass is 16.1. The van der Waals surface area contributed by atoms with Crippen LogP contribution in [0.2, 0.25) is 0 Å². The number of rotatable bonds is 5. The van der Waals surface area contributed by atoms with Crippen molar-refractivity contribution in [3.8, 4) is 0 Å². The van der Waals surface area contributed by atoms with Crippen molar-refractivity contribution in [3.63, 3.8) is 0 Å². The SMILES string of the molecule is CC(C)CCC(C)(N)CC(N)=O. The standard InChI is InChI=1S/C9H20N2O/c1-7(2)4-5-9(3,11)6-8(10)12/h7H,4-6,11H2,1-3H3,(H2,10,12). The van der Waals surface area contributed by atoms with Gasteiger partial charge >= 0.3 is 0 Å². The van der Waals surface area contributed by atoms with E-state index in [4.69, 9.17) is 11.5 Å². The van der Waals surface area contributed by atoms with Crippen LogP contribution in [-0.4, -0.2) is 11.4 Å². The van der Waals surface area contributed by atoms with E-state index < -0.39 is 5.54 Å². The van der Waals surface area contributed by atoms with Gasteiger partial charge in [0.2, 0.25) is 5.91 Å². The number of primary amides is 1. The molecule has 0 saturated heterocycles. The molecule has 1 unspecified atom stereocenters. The van der Waals surface area contributed by atoms with Crippen molar-refractivity contribution in [2.75, 3.05) is 0 Å². The highest BCUT2D eigenvalue weighted by molar-refractivity contribution is 5.75. The lowest BCUT2D eigenvalue weighted by Crippen LogP contribution is -2.40. The van der Waals surface area contributed by atoms with Gasteiger partial charge in [0.1, 0.15) is 0 Å². The van der Waals surface area contributed by atoms with Gasteiger partial charge in [-0.2, -0.15) is 0 Å². The van der Waals surface area contributed by atoms with E-state index >= 15 is 0 Å². The van der Waals surface area contributed by atoms with Crippen molar-refractivity contribution >= 4 is 5.91 Å². The Morgan fingerprint density at radius 2 is 2.00 bits per heavy atom.